The van der Waals surface area contributed by atoms with Crippen LogP contribution in [0, 0.1) is 40.4 Å². The fraction of sp³-hybridized carbons (Fsp3) is 0.875. The highest BCUT2D eigenvalue weighted by molar-refractivity contribution is 5.84. The number of hydrogen-bond donors (Lipinski definition) is 2. The Kier molecular flexibility index (Phi) is 4.91. The summed E-state index contributed by atoms with van der Waals surface area (Å²) in [6, 6.07) is 1.27. The van der Waals surface area contributed by atoms with Gasteiger partial charge in [0.1, 0.15) is 17.7 Å². The quantitative estimate of drug-likeness (QED) is 0.626. The minimum absolute atomic E-state index is 0.0461. The van der Waals surface area contributed by atoms with Gasteiger partial charge in [0.05, 0.1) is 12.1 Å². The molecule has 170 valence electrons. The molecule has 6 aliphatic rings. The normalized spacial score (nSPS) is 44.0. The number of esters is 1. The lowest BCUT2D eigenvalue weighted by Gasteiger charge is -2.62. The number of nitrogens with two attached hydrogens (primary N) is 1. The molecule has 1 amide bonds. The van der Waals surface area contributed by atoms with Crippen molar-refractivity contribution in [1.29, 1.82) is 5.26 Å². The molecule has 31 heavy (non-hydrogen) atoms. The molecule has 7 nitrogen and oxygen atoms in total. The third-order valence-electron chi connectivity index (χ3n) is 9.04. The van der Waals surface area contributed by atoms with E-state index in [1.54, 1.807) is 7.05 Å². The van der Waals surface area contributed by atoms with Crippen LogP contribution in [0.5, 0.6) is 0 Å². The summed E-state index contributed by atoms with van der Waals surface area (Å²) in [5.74, 6) is 1.32. The molecule has 1 aliphatic heterocycles. The van der Waals surface area contributed by atoms with E-state index >= 15 is 0 Å². The molecule has 7 heteroatoms. The lowest BCUT2D eigenvalue weighted by atomic mass is 9.46. The highest BCUT2D eigenvalue weighted by atomic mass is 16.6. The summed E-state index contributed by atoms with van der Waals surface area (Å²) >= 11 is 0. The van der Waals surface area contributed by atoms with Gasteiger partial charge >= 0.3 is 5.97 Å². The number of nitrogens with one attached hydrogen (secondary N) is 1. The molecular formula is C24H36N4O3. The molecule has 6 rings (SSSR count). The average Bonchev–Trinajstić information content (AvgIpc) is 3.35. The first-order valence-corrected chi connectivity index (χ1v) is 12.1. The van der Waals surface area contributed by atoms with Crippen LogP contribution in [-0.4, -0.2) is 53.6 Å². The Morgan fingerprint density at radius 3 is 2.42 bits per heavy atom. The van der Waals surface area contributed by atoms with Crippen molar-refractivity contribution in [2.75, 3.05) is 7.05 Å². The number of ether oxygens (including phenoxy) is 1. The SMILES string of the molecule is CN[C@H](C(=O)OC12CC3C[C@H](C1)CC([C@H](N)C(=O)N1C4CC4C[C@H]1C#N)(C3)C2)C(C)C. The summed E-state index contributed by atoms with van der Waals surface area (Å²) in [6.07, 6.45) is 7.29. The van der Waals surface area contributed by atoms with E-state index in [0.717, 1.165) is 44.9 Å². The number of carbonyl (C=O) groups is 2. The van der Waals surface area contributed by atoms with E-state index in [1.165, 1.54) is 0 Å². The van der Waals surface area contributed by atoms with Gasteiger partial charge in [-0.15, -0.1) is 0 Å². The van der Waals surface area contributed by atoms with Gasteiger partial charge in [0.2, 0.25) is 5.91 Å². The van der Waals surface area contributed by atoms with Crippen molar-refractivity contribution < 1.29 is 14.3 Å². The standard InChI is InChI=1S/C24H36N4O3/c1-13(2)19(27-3)22(30)31-24-9-14-4-15(10-24)8-23(7-14,12-24)20(26)21(29)28-17(11-25)5-16-6-18(16)28/h13-20,27H,4-10,12,26H2,1-3H3/t14-,15?,16?,17-,18?,19-,20+,23?,24?/m0/s1. The second-order valence-corrected chi connectivity index (χ2v) is 11.6. The number of rotatable bonds is 6. The van der Waals surface area contributed by atoms with Crippen LogP contribution in [-0.2, 0) is 14.3 Å². The predicted molar refractivity (Wildman–Crippen MR) is 114 cm³/mol. The minimum Gasteiger partial charge on any atom is -0.458 e. The molecule has 0 spiro atoms. The average molecular weight is 429 g/mol. The number of nitrogens with zero attached hydrogens (tertiary/aromatic N) is 2. The van der Waals surface area contributed by atoms with E-state index in [2.05, 4.69) is 11.4 Å². The third-order valence-corrected chi connectivity index (χ3v) is 9.04. The Hall–Kier alpha value is -1.65. The van der Waals surface area contributed by atoms with E-state index < -0.39 is 11.6 Å². The topological polar surface area (TPSA) is 108 Å². The number of piperidine rings is 1. The Labute approximate surface area is 185 Å². The maximum atomic E-state index is 13.6. The van der Waals surface area contributed by atoms with Crippen LogP contribution < -0.4 is 11.1 Å². The molecule has 1 heterocycles. The van der Waals surface area contributed by atoms with Crippen molar-refractivity contribution in [3.8, 4) is 6.07 Å². The lowest BCUT2D eigenvalue weighted by Crippen LogP contribution is -2.66. The van der Waals surface area contributed by atoms with E-state index in [0.29, 0.717) is 24.2 Å². The number of carbonyl (C=O) groups excluding carboxylic acids is 2. The zero-order valence-electron chi connectivity index (χ0n) is 19.0. The smallest absolute Gasteiger partial charge is 0.323 e. The molecule has 0 aromatic carbocycles. The number of nitriles is 1. The monoisotopic (exact) mass is 428 g/mol. The summed E-state index contributed by atoms with van der Waals surface area (Å²) < 4.78 is 6.28. The summed E-state index contributed by atoms with van der Waals surface area (Å²) in [6.45, 7) is 4.04. The van der Waals surface area contributed by atoms with E-state index in [-0.39, 0.29) is 41.3 Å². The van der Waals surface area contributed by atoms with Gasteiger partial charge in [-0.1, -0.05) is 13.8 Å². The first-order valence-electron chi connectivity index (χ1n) is 12.1. The maximum Gasteiger partial charge on any atom is 0.323 e. The number of hydrogen-bond acceptors (Lipinski definition) is 6. The molecule has 5 unspecified atom stereocenters. The van der Waals surface area contributed by atoms with Gasteiger partial charge in [0.15, 0.2) is 0 Å². The van der Waals surface area contributed by atoms with Crippen molar-refractivity contribution in [3.63, 3.8) is 0 Å². The van der Waals surface area contributed by atoms with Crippen molar-refractivity contribution in [2.45, 2.75) is 95.0 Å². The van der Waals surface area contributed by atoms with Crippen LogP contribution in [0.2, 0.25) is 0 Å². The minimum atomic E-state index is -0.614. The van der Waals surface area contributed by atoms with Crippen LogP contribution >= 0.6 is 0 Å². The number of amides is 1. The van der Waals surface area contributed by atoms with Crippen LogP contribution in [0.15, 0.2) is 0 Å². The fourth-order valence-corrected chi connectivity index (χ4v) is 8.04. The molecule has 6 fully saturated rings. The number of likely N-dealkylation sites (tertiary alicyclic amines) is 1. The van der Waals surface area contributed by atoms with E-state index in [1.807, 2.05) is 18.7 Å². The molecule has 9 atom stereocenters. The van der Waals surface area contributed by atoms with Crippen molar-refractivity contribution in [1.82, 2.24) is 10.2 Å². The van der Waals surface area contributed by atoms with Gasteiger partial charge in [0.25, 0.3) is 0 Å². The number of fused-ring (bicyclic) bond motifs is 1. The Balaban J connectivity index is 1.38. The number of likely N-dealkylation sites (N-methyl/N-ethyl adjacent to an activating group) is 1. The van der Waals surface area contributed by atoms with Crippen molar-refractivity contribution in [3.05, 3.63) is 0 Å². The predicted octanol–water partition coefficient (Wildman–Crippen LogP) is 1.95. The van der Waals surface area contributed by atoms with Gasteiger partial charge in [-0.3, -0.25) is 9.59 Å². The van der Waals surface area contributed by atoms with Crippen LogP contribution in [0.3, 0.4) is 0 Å². The summed E-state index contributed by atoms with van der Waals surface area (Å²) in [4.78, 5) is 28.4. The Bertz CT molecular complexity index is 806. The first-order chi connectivity index (χ1) is 14.7. The Morgan fingerprint density at radius 2 is 1.84 bits per heavy atom. The fourth-order valence-electron chi connectivity index (χ4n) is 8.04. The summed E-state index contributed by atoms with van der Waals surface area (Å²) in [5.41, 5.74) is 5.95. The molecule has 3 N–H and O–H groups in total. The second kappa shape index (κ2) is 7.18. The maximum absolute atomic E-state index is 13.6. The van der Waals surface area contributed by atoms with Crippen LogP contribution in [0.4, 0.5) is 0 Å². The highest BCUT2D eigenvalue weighted by Gasteiger charge is 2.64. The van der Waals surface area contributed by atoms with Crippen molar-refractivity contribution >= 4 is 11.9 Å². The van der Waals surface area contributed by atoms with Crippen LogP contribution in [0.1, 0.15) is 65.2 Å². The molecule has 5 aliphatic carbocycles. The molecule has 0 aromatic heterocycles. The molecular weight excluding hydrogens is 392 g/mol. The zero-order chi connectivity index (χ0) is 22.1. The second-order valence-electron chi connectivity index (χ2n) is 11.6. The van der Waals surface area contributed by atoms with Gasteiger partial charge in [0, 0.05) is 6.04 Å². The molecule has 5 saturated carbocycles. The first kappa shape index (κ1) is 21.2. The third kappa shape index (κ3) is 3.29. The van der Waals surface area contributed by atoms with E-state index in [4.69, 9.17) is 10.5 Å². The molecule has 1 saturated heterocycles. The van der Waals surface area contributed by atoms with Crippen molar-refractivity contribution in [2.24, 2.45) is 34.8 Å². The lowest BCUT2D eigenvalue weighted by molar-refractivity contribution is -0.208. The zero-order valence-corrected chi connectivity index (χ0v) is 19.0. The van der Waals surface area contributed by atoms with Gasteiger partial charge in [-0.25, -0.2) is 0 Å². The summed E-state index contributed by atoms with van der Waals surface area (Å²) in [5, 5.41) is 12.7. The largest absolute Gasteiger partial charge is 0.458 e. The van der Waals surface area contributed by atoms with Gasteiger partial charge < -0.3 is 20.7 Å². The molecule has 0 aromatic rings. The van der Waals surface area contributed by atoms with Gasteiger partial charge in [-0.05, 0) is 87.5 Å². The van der Waals surface area contributed by atoms with Gasteiger partial charge in [-0.2, -0.15) is 5.26 Å². The highest BCUT2D eigenvalue weighted by Crippen LogP contribution is 2.64. The summed E-state index contributed by atoms with van der Waals surface area (Å²) in [7, 11) is 1.80. The van der Waals surface area contributed by atoms with E-state index in [9.17, 15) is 14.9 Å². The van der Waals surface area contributed by atoms with Crippen LogP contribution in [0.25, 0.3) is 0 Å². The molecule has 0 radical (unpaired) electrons. The molecule has 4 bridgehead atoms. The Morgan fingerprint density at radius 1 is 1.16 bits per heavy atom.